The average molecular weight is 186 g/mol. The third-order valence-corrected chi connectivity index (χ3v) is 2.24. The SMILES string of the molecule is O=c1ccc2c3c(ncnc3n1)NC2. The molecule has 0 unspecified atom stereocenters. The van der Waals surface area contributed by atoms with Crippen LogP contribution in [0.5, 0.6) is 0 Å². The van der Waals surface area contributed by atoms with Gasteiger partial charge >= 0.3 is 0 Å². The second-order valence-electron chi connectivity index (χ2n) is 3.08. The molecule has 2 aromatic heterocycles. The summed E-state index contributed by atoms with van der Waals surface area (Å²) in [4.78, 5) is 23.1. The van der Waals surface area contributed by atoms with Gasteiger partial charge in [-0.25, -0.2) is 9.97 Å². The molecule has 5 heteroatoms. The van der Waals surface area contributed by atoms with Crippen molar-refractivity contribution in [2.75, 3.05) is 5.32 Å². The summed E-state index contributed by atoms with van der Waals surface area (Å²) in [6.45, 7) is 0.681. The van der Waals surface area contributed by atoms with Crippen molar-refractivity contribution in [3.63, 3.8) is 0 Å². The van der Waals surface area contributed by atoms with Crippen LogP contribution in [0.2, 0.25) is 0 Å². The first-order valence-corrected chi connectivity index (χ1v) is 4.23. The van der Waals surface area contributed by atoms with E-state index in [2.05, 4.69) is 20.3 Å². The monoisotopic (exact) mass is 186 g/mol. The number of hydrogen-bond donors (Lipinski definition) is 1. The standard InChI is InChI=1S/C9H6N4O/c14-6-2-1-5-3-10-8-7(5)9(13-6)12-4-11-8/h1-2,4H,3H2,(H,10,11,12,13,14). The van der Waals surface area contributed by atoms with Crippen molar-refractivity contribution < 1.29 is 0 Å². The Bertz CT molecular complexity index is 581. The number of hydrogen-bond acceptors (Lipinski definition) is 5. The van der Waals surface area contributed by atoms with Crippen molar-refractivity contribution in [1.29, 1.82) is 0 Å². The Morgan fingerprint density at radius 2 is 2.21 bits per heavy atom. The first kappa shape index (κ1) is 7.37. The quantitative estimate of drug-likeness (QED) is 0.641. The Morgan fingerprint density at radius 1 is 1.29 bits per heavy atom. The molecule has 0 saturated carbocycles. The van der Waals surface area contributed by atoms with Crippen LogP contribution in [0.25, 0.3) is 11.0 Å². The summed E-state index contributed by atoms with van der Waals surface area (Å²) in [7, 11) is 0. The largest absolute Gasteiger partial charge is 0.365 e. The minimum atomic E-state index is -0.271. The molecule has 14 heavy (non-hydrogen) atoms. The zero-order valence-electron chi connectivity index (χ0n) is 7.19. The summed E-state index contributed by atoms with van der Waals surface area (Å²) in [5.74, 6) is 0.758. The van der Waals surface area contributed by atoms with Gasteiger partial charge in [-0.05, 0) is 5.56 Å². The van der Waals surface area contributed by atoms with E-state index in [1.165, 1.54) is 12.4 Å². The molecule has 1 N–H and O–H groups in total. The molecule has 3 heterocycles. The molecular formula is C9H6N4O. The van der Waals surface area contributed by atoms with Crippen LogP contribution in [0.3, 0.4) is 0 Å². The van der Waals surface area contributed by atoms with Crippen LogP contribution in [0.15, 0.2) is 23.3 Å². The lowest BCUT2D eigenvalue weighted by Crippen LogP contribution is -2.00. The van der Waals surface area contributed by atoms with E-state index in [0.29, 0.717) is 12.2 Å². The molecule has 0 spiro atoms. The highest BCUT2D eigenvalue weighted by atomic mass is 16.1. The Hall–Kier alpha value is -2.04. The van der Waals surface area contributed by atoms with E-state index in [9.17, 15) is 4.79 Å². The second kappa shape index (κ2) is 2.47. The fourth-order valence-electron chi connectivity index (χ4n) is 1.61. The van der Waals surface area contributed by atoms with E-state index in [4.69, 9.17) is 0 Å². The molecule has 0 fully saturated rings. The van der Waals surface area contributed by atoms with Gasteiger partial charge in [0.25, 0.3) is 5.56 Å². The Kier molecular flexibility index (Phi) is 1.30. The number of aromatic nitrogens is 3. The molecule has 0 aromatic carbocycles. The normalized spacial score (nSPS) is 12.9. The van der Waals surface area contributed by atoms with Gasteiger partial charge in [-0.15, -0.1) is 0 Å². The minimum Gasteiger partial charge on any atom is -0.365 e. The average Bonchev–Trinajstić information content (AvgIpc) is 2.51. The molecule has 0 bridgehead atoms. The van der Waals surface area contributed by atoms with Gasteiger partial charge in [0.05, 0.1) is 5.39 Å². The van der Waals surface area contributed by atoms with Crippen molar-refractivity contribution in [2.45, 2.75) is 6.54 Å². The van der Waals surface area contributed by atoms with E-state index >= 15 is 0 Å². The van der Waals surface area contributed by atoms with Gasteiger partial charge in [0, 0.05) is 12.6 Å². The van der Waals surface area contributed by atoms with Crippen LogP contribution >= 0.6 is 0 Å². The topological polar surface area (TPSA) is 67.8 Å². The third kappa shape index (κ3) is 0.891. The molecule has 0 amide bonds. The third-order valence-electron chi connectivity index (χ3n) is 2.24. The molecule has 3 rings (SSSR count). The highest BCUT2D eigenvalue weighted by molar-refractivity contribution is 5.91. The smallest absolute Gasteiger partial charge is 0.271 e. The van der Waals surface area contributed by atoms with Gasteiger partial charge in [0.15, 0.2) is 5.65 Å². The summed E-state index contributed by atoms with van der Waals surface area (Å²) in [6.07, 6.45) is 1.41. The number of nitrogens with zero attached hydrogens (tertiary/aromatic N) is 3. The molecule has 1 aliphatic rings. The lowest BCUT2D eigenvalue weighted by Gasteiger charge is -1.93. The highest BCUT2D eigenvalue weighted by Gasteiger charge is 2.14. The summed E-state index contributed by atoms with van der Waals surface area (Å²) in [5.41, 5.74) is 1.21. The fraction of sp³-hybridized carbons (Fsp3) is 0.111. The van der Waals surface area contributed by atoms with Gasteiger partial charge in [-0.3, -0.25) is 4.79 Å². The zero-order chi connectivity index (χ0) is 9.54. The van der Waals surface area contributed by atoms with Crippen LogP contribution < -0.4 is 10.9 Å². The van der Waals surface area contributed by atoms with Crippen molar-refractivity contribution in [2.24, 2.45) is 0 Å². The summed E-state index contributed by atoms with van der Waals surface area (Å²) in [6, 6.07) is 3.22. The van der Waals surface area contributed by atoms with E-state index in [-0.39, 0.29) is 5.56 Å². The van der Waals surface area contributed by atoms with Crippen molar-refractivity contribution in [3.05, 3.63) is 34.4 Å². The predicted octanol–water partition coefficient (Wildman–Crippen LogP) is 0.310. The number of nitrogens with one attached hydrogen (secondary N) is 1. The maximum atomic E-state index is 11.2. The number of rotatable bonds is 0. The van der Waals surface area contributed by atoms with Crippen molar-refractivity contribution in [3.8, 4) is 0 Å². The van der Waals surface area contributed by atoms with Gasteiger partial charge in [0.1, 0.15) is 12.1 Å². The number of anilines is 1. The van der Waals surface area contributed by atoms with Crippen molar-refractivity contribution >= 4 is 16.9 Å². The summed E-state index contributed by atoms with van der Waals surface area (Å²) < 4.78 is 0. The maximum absolute atomic E-state index is 11.2. The first-order chi connectivity index (χ1) is 6.84. The molecule has 0 radical (unpaired) electrons. The molecule has 0 saturated heterocycles. The van der Waals surface area contributed by atoms with E-state index < -0.39 is 0 Å². The van der Waals surface area contributed by atoms with E-state index in [1.54, 1.807) is 6.07 Å². The predicted molar refractivity (Wildman–Crippen MR) is 50.9 cm³/mol. The van der Waals surface area contributed by atoms with E-state index in [0.717, 1.165) is 16.8 Å². The van der Waals surface area contributed by atoms with Gasteiger partial charge < -0.3 is 5.32 Å². The minimum absolute atomic E-state index is 0.271. The van der Waals surface area contributed by atoms with Gasteiger partial charge in [-0.2, -0.15) is 4.98 Å². The summed E-state index contributed by atoms with van der Waals surface area (Å²) >= 11 is 0. The lowest BCUT2D eigenvalue weighted by molar-refractivity contribution is 1.14. The molecule has 0 atom stereocenters. The van der Waals surface area contributed by atoms with Crippen molar-refractivity contribution in [1.82, 2.24) is 15.0 Å². The van der Waals surface area contributed by atoms with Crippen LogP contribution in [0.1, 0.15) is 5.56 Å². The van der Waals surface area contributed by atoms with Crippen LogP contribution in [-0.2, 0) is 6.54 Å². The van der Waals surface area contributed by atoms with Crippen LogP contribution in [0.4, 0.5) is 5.82 Å². The maximum Gasteiger partial charge on any atom is 0.271 e. The van der Waals surface area contributed by atoms with Crippen LogP contribution in [0, 0.1) is 0 Å². The fourth-order valence-corrected chi connectivity index (χ4v) is 1.61. The highest BCUT2D eigenvalue weighted by Crippen LogP contribution is 2.26. The molecular weight excluding hydrogens is 180 g/mol. The second-order valence-corrected chi connectivity index (χ2v) is 3.08. The molecule has 5 nitrogen and oxygen atoms in total. The van der Waals surface area contributed by atoms with Crippen LogP contribution in [-0.4, -0.2) is 15.0 Å². The molecule has 1 aliphatic heterocycles. The Labute approximate surface area is 78.9 Å². The zero-order valence-corrected chi connectivity index (χ0v) is 7.19. The Balaban J connectivity index is 2.62. The lowest BCUT2D eigenvalue weighted by atomic mass is 10.2. The van der Waals surface area contributed by atoms with Gasteiger partial charge in [-0.1, -0.05) is 6.07 Å². The molecule has 68 valence electrons. The Morgan fingerprint density at radius 3 is 3.14 bits per heavy atom. The molecule has 0 aliphatic carbocycles. The van der Waals surface area contributed by atoms with E-state index in [1.807, 2.05) is 0 Å². The van der Waals surface area contributed by atoms with Gasteiger partial charge in [0.2, 0.25) is 0 Å². The summed E-state index contributed by atoms with van der Waals surface area (Å²) in [5, 5.41) is 3.97. The first-order valence-electron chi connectivity index (χ1n) is 4.23. The molecule has 2 aromatic rings.